The summed E-state index contributed by atoms with van der Waals surface area (Å²) in [6, 6.07) is 2.15. The first kappa shape index (κ1) is 13.0. The Morgan fingerprint density at radius 1 is 1.50 bits per heavy atom. The predicted molar refractivity (Wildman–Crippen MR) is 73.2 cm³/mol. The highest BCUT2D eigenvalue weighted by atomic mass is 79.9. The molecule has 0 amide bonds. The van der Waals surface area contributed by atoms with Crippen molar-refractivity contribution in [1.29, 1.82) is 0 Å². The van der Waals surface area contributed by atoms with E-state index in [1.165, 1.54) is 9.35 Å². The van der Waals surface area contributed by atoms with Crippen molar-refractivity contribution >= 4 is 43.2 Å². The Morgan fingerprint density at radius 2 is 2.25 bits per heavy atom. The van der Waals surface area contributed by atoms with Crippen LogP contribution < -0.4 is 0 Å². The van der Waals surface area contributed by atoms with Crippen molar-refractivity contribution in [1.82, 2.24) is 0 Å². The molecule has 0 spiro atoms. The molecule has 0 atom stereocenters. The molecule has 2 nitrogen and oxygen atoms in total. The maximum Gasteiger partial charge on any atom is 0.0743 e. The first-order valence-electron chi connectivity index (χ1n) is 5.18. The smallest absolute Gasteiger partial charge is 0.0743 e. The van der Waals surface area contributed by atoms with Gasteiger partial charge >= 0.3 is 0 Å². The molecule has 1 aliphatic rings. The van der Waals surface area contributed by atoms with Gasteiger partial charge in [-0.15, -0.1) is 11.3 Å². The minimum absolute atomic E-state index is 0.256. The van der Waals surface area contributed by atoms with E-state index in [0.717, 1.165) is 36.6 Å². The van der Waals surface area contributed by atoms with Gasteiger partial charge in [0.1, 0.15) is 0 Å². The van der Waals surface area contributed by atoms with E-state index in [4.69, 9.17) is 9.47 Å². The maximum absolute atomic E-state index is 5.70. The van der Waals surface area contributed by atoms with Crippen LogP contribution in [0.15, 0.2) is 13.6 Å². The fraction of sp³-hybridized carbons (Fsp3) is 0.636. The van der Waals surface area contributed by atoms with Crippen LogP contribution in [-0.2, 0) is 15.9 Å². The molecule has 1 aliphatic heterocycles. The molecule has 0 radical (unpaired) electrons. The molecule has 0 N–H and O–H groups in total. The summed E-state index contributed by atoms with van der Waals surface area (Å²) >= 11 is 8.73. The quantitative estimate of drug-likeness (QED) is 0.733. The Kier molecular flexibility index (Phi) is 4.46. The van der Waals surface area contributed by atoms with Crippen molar-refractivity contribution in [2.24, 2.45) is 5.41 Å². The van der Waals surface area contributed by atoms with E-state index in [9.17, 15) is 0 Å². The molecule has 1 aromatic heterocycles. The number of ether oxygens (including phenoxy) is 2. The van der Waals surface area contributed by atoms with Crippen LogP contribution in [-0.4, -0.2) is 26.4 Å². The topological polar surface area (TPSA) is 18.5 Å². The molecular formula is C11H14Br2O2S. The third-order valence-electron chi connectivity index (χ3n) is 2.59. The minimum Gasteiger partial charge on any atom is -0.380 e. The number of halogens is 2. The van der Waals surface area contributed by atoms with E-state index >= 15 is 0 Å². The molecule has 0 aromatic carbocycles. The summed E-state index contributed by atoms with van der Waals surface area (Å²) in [5, 5.41) is 0. The van der Waals surface area contributed by atoms with Crippen molar-refractivity contribution < 1.29 is 9.47 Å². The lowest BCUT2D eigenvalue weighted by atomic mass is 9.90. The number of rotatable bonds is 5. The van der Waals surface area contributed by atoms with Crippen molar-refractivity contribution in [2.45, 2.75) is 13.3 Å². The highest BCUT2D eigenvalue weighted by Gasteiger charge is 2.33. The van der Waals surface area contributed by atoms with Gasteiger partial charge < -0.3 is 9.47 Å². The van der Waals surface area contributed by atoms with Crippen molar-refractivity contribution in [3.05, 3.63) is 19.2 Å². The molecule has 1 aromatic rings. The Morgan fingerprint density at radius 3 is 2.75 bits per heavy atom. The Bertz CT molecular complexity index is 361. The van der Waals surface area contributed by atoms with E-state index in [-0.39, 0.29) is 5.41 Å². The predicted octanol–water partition coefficient (Wildman–Crippen LogP) is 3.87. The Balaban J connectivity index is 1.70. The summed E-state index contributed by atoms with van der Waals surface area (Å²) in [6.45, 7) is 5.45. The van der Waals surface area contributed by atoms with E-state index in [1.807, 2.05) is 0 Å². The van der Waals surface area contributed by atoms with Crippen LogP contribution in [0.1, 0.15) is 12.5 Å². The van der Waals surface area contributed by atoms with Crippen LogP contribution in [0.4, 0.5) is 0 Å². The first-order chi connectivity index (χ1) is 7.59. The molecule has 1 fully saturated rings. The van der Waals surface area contributed by atoms with Crippen LogP contribution in [0, 0.1) is 5.41 Å². The fourth-order valence-electron chi connectivity index (χ4n) is 1.58. The van der Waals surface area contributed by atoms with Gasteiger partial charge in [-0.3, -0.25) is 0 Å². The van der Waals surface area contributed by atoms with Crippen LogP contribution in [0.25, 0.3) is 0 Å². The average molecular weight is 370 g/mol. The monoisotopic (exact) mass is 368 g/mol. The number of hydrogen-bond donors (Lipinski definition) is 0. The minimum atomic E-state index is 0.256. The van der Waals surface area contributed by atoms with Gasteiger partial charge in [0.2, 0.25) is 0 Å². The number of thiophene rings is 1. The van der Waals surface area contributed by atoms with E-state index in [2.05, 4.69) is 44.8 Å². The summed E-state index contributed by atoms with van der Waals surface area (Å²) in [5.74, 6) is 0. The van der Waals surface area contributed by atoms with Crippen LogP contribution in [0.3, 0.4) is 0 Å². The van der Waals surface area contributed by atoms with Gasteiger partial charge in [-0.05, 0) is 49.9 Å². The van der Waals surface area contributed by atoms with Crippen LogP contribution >= 0.6 is 43.2 Å². The van der Waals surface area contributed by atoms with Crippen molar-refractivity contribution in [3.8, 4) is 0 Å². The van der Waals surface area contributed by atoms with Crippen LogP contribution in [0.5, 0.6) is 0 Å². The molecule has 90 valence electrons. The Hall–Kier alpha value is 0.580. The molecule has 0 saturated carbocycles. The fourth-order valence-corrected chi connectivity index (χ4v) is 4.49. The molecule has 0 aliphatic carbocycles. The highest BCUT2D eigenvalue weighted by molar-refractivity contribution is 9.12. The van der Waals surface area contributed by atoms with Gasteiger partial charge in [0.05, 0.1) is 34.0 Å². The van der Waals surface area contributed by atoms with Gasteiger partial charge in [-0.1, -0.05) is 6.92 Å². The van der Waals surface area contributed by atoms with Gasteiger partial charge in [-0.2, -0.15) is 0 Å². The zero-order chi connectivity index (χ0) is 11.6. The van der Waals surface area contributed by atoms with E-state index in [1.54, 1.807) is 11.3 Å². The molecule has 1 saturated heterocycles. The van der Waals surface area contributed by atoms with Gasteiger partial charge in [-0.25, -0.2) is 0 Å². The molecular weight excluding hydrogens is 356 g/mol. The lowest BCUT2D eigenvalue weighted by molar-refractivity contribution is -0.137. The SMILES string of the molecule is CC1(COCCc2cc(Br)sc2Br)COC1. The molecule has 16 heavy (non-hydrogen) atoms. The Labute approximate surface area is 117 Å². The van der Waals surface area contributed by atoms with E-state index in [0.29, 0.717) is 0 Å². The lowest BCUT2D eigenvalue weighted by Crippen LogP contribution is -2.43. The summed E-state index contributed by atoms with van der Waals surface area (Å²) in [4.78, 5) is 0. The molecule has 2 rings (SSSR count). The average Bonchev–Trinajstić information content (AvgIpc) is 2.50. The highest BCUT2D eigenvalue weighted by Crippen LogP contribution is 2.32. The van der Waals surface area contributed by atoms with Gasteiger partial charge in [0, 0.05) is 5.41 Å². The summed E-state index contributed by atoms with van der Waals surface area (Å²) in [5.41, 5.74) is 1.57. The second kappa shape index (κ2) is 5.48. The second-order valence-corrected chi connectivity index (χ2v) is 8.20. The summed E-state index contributed by atoms with van der Waals surface area (Å²) in [7, 11) is 0. The summed E-state index contributed by atoms with van der Waals surface area (Å²) < 4.78 is 13.2. The lowest BCUT2D eigenvalue weighted by Gasteiger charge is -2.37. The number of hydrogen-bond acceptors (Lipinski definition) is 3. The van der Waals surface area contributed by atoms with Gasteiger partial charge in [0.25, 0.3) is 0 Å². The van der Waals surface area contributed by atoms with Crippen molar-refractivity contribution in [3.63, 3.8) is 0 Å². The molecule has 5 heteroatoms. The molecule has 0 bridgehead atoms. The zero-order valence-electron chi connectivity index (χ0n) is 9.09. The van der Waals surface area contributed by atoms with Crippen LogP contribution in [0.2, 0.25) is 0 Å². The second-order valence-electron chi connectivity index (χ2n) is 4.46. The summed E-state index contributed by atoms with van der Waals surface area (Å²) in [6.07, 6.45) is 0.958. The molecule has 0 unspecified atom stereocenters. The third-order valence-corrected chi connectivity index (χ3v) is 5.06. The normalized spacial score (nSPS) is 18.4. The van der Waals surface area contributed by atoms with E-state index < -0.39 is 0 Å². The first-order valence-corrected chi connectivity index (χ1v) is 7.58. The zero-order valence-corrected chi connectivity index (χ0v) is 13.1. The largest absolute Gasteiger partial charge is 0.380 e. The third kappa shape index (κ3) is 3.29. The van der Waals surface area contributed by atoms with Crippen molar-refractivity contribution in [2.75, 3.05) is 26.4 Å². The maximum atomic E-state index is 5.70. The molecule has 2 heterocycles. The standard InChI is InChI=1S/C11H14Br2O2S/c1-11(6-15-7-11)5-14-3-2-8-4-9(12)16-10(8)13/h4H,2-3,5-7H2,1H3. The van der Waals surface area contributed by atoms with Gasteiger partial charge in [0.15, 0.2) is 0 Å².